The van der Waals surface area contributed by atoms with Gasteiger partial charge in [-0.15, -0.1) is 0 Å². The van der Waals surface area contributed by atoms with Crippen molar-refractivity contribution >= 4 is 11.6 Å². The van der Waals surface area contributed by atoms with Gasteiger partial charge in [0.1, 0.15) is 0 Å². The fourth-order valence-electron chi connectivity index (χ4n) is 2.43. The summed E-state index contributed by atoms with van der Waals surface area (Å²) in [6, 6.07) is 14.3. The molecule has 2 nitrogen and oxygen atoms in total. The lowest BCUT2D eigenvalue weighted by Crippen LogP contribution is -2.14. The van der Waals surface area contributed by atoms with Crippen molar-refractivity contribution in [3.05, 3.63) is 64.7 Å². The van der Waals surface area contributed by atoms with Gasteiger partial charge in [-0.25, -0.2) is 0 Å². The van der Waals surface area contributed by atoms with Crippen LogP contribution in [0.1, 0.15) is 48.4 Å². The number of benzene rings is 2. The molecule has 1 amide bonds. The number of carbonyl (C=O) groups excluding carboxylic acids is 1. The molecule has 0 aromatic heterocycles. The summed E-state index contributed by atoms with van der Waals surface area (Å²) in [6.07, 6.45) is 1.53. The van der Waals surface area contributed by atoms with Gasteiger partial charge in [0.05, 0.1) is 6.42 Å². The van der Waals surface area contributed by atoms with Crippen LogP contribution in [0.25, 0.3) is 0 Å². The minimum Gasteiger partial charge on any atom is -0.326 e. The summed E-state index contributed by atoms with van der Waals surface area (Å²) in [4.78, 5) is 12.1. The van der Waals surface area contributed by atoms with E-state index in [0.717, 1.165) is 17.7 Å². The molecule has 0 aliphatic carbocycles. The fourth-order valence-corrected chi connectivity index (χ4v) is 2.43. The van der Waals surface area contributed by atoms with E-state index in [4.69, 9.17) is 0 Å². The highest BCUT2D eigenvalue weighted by atomic mass is 16.1. The third-order valence-corrected chi connectivity index (χ3v) is 4.31. The molecule has 2 heteroatoms. The Morgan fingerprint density at radius 2 is 1.73 bits per heavy atom. The van der Waals surface area contributed by atoms with E-state index in [9.17, 15) is 4.79 Å². The number of hydrogen-bond donors (Lipinski definition) is 1. The van der Waals surface area contributed by atoms with Gasteiger partial charge in [-0.1, -0.05) is 44.2 Å². The average molecular weight is 295 g/mol. The summed E-state index contributed by atoms with van der Waals surface area (Å²) in [6.45, 7) is 8.56. The third-order valence-electron chi connectivity index (χ3n) is 4.31. The summed E-state index contributed by atoms with van der Waals surface area (Å²) in [5.74, 6) is 0.583. The highest BCUT2D eigenvalue weighted by molar-refractivity contribution is 5.92. The maximum Gasteiger partial charge on any atom is 0.228 e. The maximum atomic E-state index is 12.1. The molecule has 0 aliphatic rings. The van der Waals surface area contributed by atoms with Crippen LogP contribution in [0.2, 0.25) is 0 Å². The number of nitrogens with one attached hydrogen (secondary N) is 1. The Kier molecular flexibility index (Phi) is 5.37. The molecule has 0 spiro atoms. The second-order valence-electron chi connectivity index (χ2n) is 6.07. The molecule has 116 valence electrons. The smallest absolute Gasteiger partial charge is 0.228 e. The van der Waals surface area contributed by atoms with Crippen LogP contribution in [0.4, 0.5) is 5.69 Å². The zero-order chi connectivity index (χ0) is 16.1. The Morgan fingerprint density at radius 3 is 2.32 bits per heavy atom. The SMILES string of the molecule is CC[C@H](C)c1ccc(NC(=O)Cc2ccc(C)c(C)c2)cc1. The van der Waals surface area contributed by atoms with E-state index in [2.05, 4.69) is 57.3 Å². The van der Waals surface area contributed by atoms with Crippen molar-refractivity contribution in [3.63, 3.8) is 0 Å². The Bertz CT molecular complexity index is 643. The number of amides is 1. The van der Waals surface area contributed by atoms with Gasteiger partial charge >= 0.3 is 0 Å². The van der Waals surface area contributed by atoms with E-state index in [0.29, 0.717) is 12.3 Å². The molecule has 0 bridgehead atoms. The largest absolute Gasteiger partial charge is 0.326 e. The van der Waals surface area contributed by atoms with Gasteiger partial charge in [-0.3, -0.25) is 4.79 Å². The van der Waals surface area contributed by atoms with Crippen LogP contribution in [0, 0.1) is 13.8 Å². The predicted octanol–water partition coefficient (Wildman–Crippen LogP) is 5.00. The molecule has 1 N–H and O–H groups in total. The number of hydrogen-bond acceptors (Lipinski definition) is 1. The van der Waals surface area contributed by atoms with Crippen LogP contribution in [-0.2, 0) is 11.2 Å². The van der Waals surface area contributed by atoms with Crippen LogP contribution in [0.5, 0.6) is 0 Å². The lowest BCUT2D eigenvalue weighted by Gasteiger charge is -2.11. The van der Waals surface area contributed by atoms with E-state index >= 15 is 0 Å². The van der Waals surface area contributed by atoms with Crippen LogP contribution in [-0.4, -0.2) is 5.91 Å². The number of aryl methyl sites for hydroxylation is 2. The maximum absolute atomic E-state index is 12.1. The van der Waals surface area contributed by atoms with E-state index < -0.39 is 0 Å². The monoisotopic (exact) mass is 295 g/mol. The van der Waals surface area contributed by atoms with Crippen molar-refractivity contribution in [2.45, 2.75) is 46.5 Å². The molecular weight excluding hydrogens is 270 g/mol. The topological polar surface area (TPSA) is 29.1 Å². The van der Waals surface area contributed by atoms with E-state index in [1.807, 2.05) is 18.2 Å². The van der Waals surface area contributed by atoms with Crippen molar-refractivity contribution in [3.8, 4) is 0 Å². The number of anilines is 1. The quantitative estimate of drug-likeness (QED) is 0.826. The first kappa shape index (κ1) is 16.3. The predicted molar refractivity (Wildman–Crippen MR) is 93.4 cm³/mol. The van der Waals surface area contributed by atoms with Crippen LogP contribution in [0.15, 0.2) is 42.5 Å². The first-order chi connectivity index (χ1) is 10.5. The molecule has 0 aliphatic heterocycles. The molecule has 0 heterocycles. The second-order valence-corrected chi connectivity index (χ2v) is 6.07. The van der Waals surface area contributed by atoms with Crippen LogP contribution < -0.4 is 5.32 Å². The fraction of sp³-hybridized carbons (Fsp3) is 0.350. The zero-order valence-corrected chi connectivity index (χ0v) is 13.9. The van der Waals surface area contributed by atoms with Crippen molar-refractivity contribution < 1.29 is 4.79 Å². The molecule has 22 heavy (non-hydrogen) atoms. The molecule has 0 saturated heterocycles. The summed E-state index contributed by atoms with van der Waals surface area (Å²) in [7, 11) is 0. The van der Waals surface area contributed by atoms with Gasteiger partial charge in [0.2, 0.25) is 5.91 Å². The van der Waals surface area contributed by atoms with Gasteiger partial charge in [0.15, 0.2) is 0 Å². The molecule has 2 rings (SSSR count). The molecule has 2 aromatic rings. The molecule has 0 unspecified atom stereocenters. The van der Waals surface area contributed by atoms with E-state index in [1.165, 1.54) is 16.7 Å². The summed E-state index contributed by atoms with van der Waals surface area (Å²) in [5, 5.41) is 2.97. The molecule has 0 radical (unpaired) electrons. The summed E-state index contributed by atoms with van der Waals surface area (Å²) >= 11 is 0. The summed E-state index contributed by atoms with van der Waals surface area (Å²) in [5.41, 5.74) is 5.71. The second kappa shape index (κ2) is 7.26. The third kappa shape index (κ3) is 4.20. The van der Waals surface area contributed by atoms with Gasteiger partial charge in [-0.2, -0.15) is 0 Å². The lowest BCUT2D eigenvalue weighted by molar-refractivity contribution is -0.115. The van der Waals surface area contributed by atoms with Crippen molar-refractivity contribution in [2.75, 3.05) is 5.32 Å². The van der Waals surface area contributed by atoms with Crippen molar-refractivity contribution in [1.82, 2.24) is 0 Å². The van der Waals surface area contributed by atoms with Crippen LogP contribution >= 0.6 is 0 Å². The Hall–Kier alpha value is -2.09. The van der Waals surface area contributed by atoms with Crippen molar-refractivity contribution in [2.24, 2.45) is 0 Å². The lowest BCUT2D eigenvalue weighted by atomic mass is 9.98. The summed E-state index contributed by atoms with van der Waals surface area (Å²) < 4.78 is 0. The van der Waals surface area contributed by atoms with E-state index in [1.54, 1.807) is 0 Å². The molecule has 0 saturated carbocycles. The minimum atomic E-state index is 0.0274. The normalized spacial score (nSPS) is 12.0. The minimum absolute atomic E-state index is 0.0274. The first-order valence-electron chi connectivity index (χ1n) is 7.95. The molecule has 1 atom stereocenters. The standard InChI is InChI=1S/C20H25NO/c1-5-14(2)18-8-10-19(11-9-18)21-20(22)13-17-7-6-15(3)16(4)12-17/h6-12,14H,5,13H2,1-4H3,(H,21,22)/t14-/m0/s1. The highest BCUT2D eigenvalue weighted by Crippen LogP contribution is 2.20. The first-order valence-corrected chi connectivity index (χ1v) is 7.95. The van der Waals surface area contributed by atoms with Gasteiger partial charge < -0.3 is 5.32 Å². The number of rotatable bonds is 5. The Morgan fingerprint density at radius 1 is 1.05 bits per heavy atom. The highest BCUT2D eigenvalue weighted by Gasteiger charge is 2.06. The average Bonchev–Trinajstić information content (AvgIpc) is 2.51. The van der Waals surface area contributed by atoms with Crippen LogP contribution in [0.3, 0.4) is 0 Å². The molecule has 2 aromatic carbocycles. The van der Waals surface area contributed by atoms with Crippen molar-refractivity contribution in [1.29, 1.82) is 0 Å². The van der Waals surface area contributed by atoms with Gasteiger partial charge in [-0.05, 0) is 60.6 Å². The zero-order valence-electron chi connectivity index (χ0n) is 13.9. The van der Waals surface area contributed by atoms with E-state index in [-0.39, 0.29) is 5.91 Å². The molecular formula is C20H25NO. The van der Waals surface area contributed by atoms with Gasteiger partial charge in [0, 0.05) is 5.69 Å². The Labute approximate surface area is 133 Å². The number of carbonyl (C=O) groups is 1. The molecule has 0 fully saturated rings. The Balaban J connectivity index is 1.98. The van der Waals surface area contributed by atoms with Gasteiger partial charge in [0.25, 0.3) is 0 Å².